The number of esters is 1. The minimum Gasteiger partial charge on any atom is -0.465 e. The van der Waals surface area contributed by atoms with Crippen LogP contribution in [0, 0.1) is 19.7 Å². The molecular formula is C20H16FN3O3S2. The number of aryl methyl sites for hydroxylation is 2. The monoisotopic (exact) mass is 429 g/mol. The molecular weight excluding hydrogens is 413 g/mol. The Kier molecular flexibility index (Phi) is 4.93. The number of thiazole rings is 1. The second-order valence-corrected chi connectivity index (χ2v) is 8.58. The number of anilines is 1. The molecule has 9 heteroatoms. The third-order valence-electron chi connectivity index (χ3n) is 4.39. The number of benzene rings is 1. The highest BCUT2D eigenvalue weighted by Gasteiger charge is 2.22. The molecule has 1 amide bonds. The van der Waals surface area contributed by atoms with E-state index in [0.717, 1.165) is 16.1 Å². The summed E-state index contributed by atoms with van der Waals surface area (Å²) in [6.07, 6.45) is 1.82. The first-order valence-electron chi connectivity index (χ1n) is 8.62. The molecule has 0 bridgehead atoms. The summed E-state index contributed by atoms with van der Waals surface area (Å²) in [7, 11) is 1.30. The number of aromatic nitrogens is 2. The Bertz CT molecular complexity index is 1240. The van der Waals surface area contributed by atoms with Crippen LogP contribution in [0.2, 0.25) is 0 Å². The number of nitrogens with zero attached hydrogens (tertiary/aromatic N) is 2. The SMILES string of the molecule is COC(=O)c1cc(C)sc1NC(=O)c1sc2nc(-c3ccc(F)cc3)cn2c1C. The van der Waals surface area contributed by atoms with Gasteiger partial charge in [-0.3, -0.25) is 9.20 Å². The van der Waals surface area contributed by atoms with Gasteiger partial charge in [-0.1, -0.05) is 11.3 Å². The van der Waals surface area contributed by atoms with E-state index in [1.807, 2.05) is 24.4 Å². The van der Waals surface area contributed by atoms with Gasteiger partial charge in [-0.25, -0.2) is 14.2 Å². The van der Waals surface area contributed by atoms with E-state index in [-0.39, 0.29) is 11.7 Å². The molecule has 29 heavy (non-hydrogen) atoms. The zero-order valence-corrected chi connectivity index (χ0v) is 17.4. The molecule has 0 saturated carbocycles. The van der Waals surface area contributed by atoms with Gasteiger partial charge in [-0.05, 0) is 44.2 Å². The lowest BCUT2D eigenvalue weighted by molar-refractivity contribution is 0.0602. The van der Waals surface area contributed by atoms with E-state index in [1.54, 1.807) is 18.2 Å². The van der Waals surface area contributed by atoms with Gasteiger partial charge in [-0.15, -0.1) is 11.3 Å². The first kappa shape index (κ1) is 19.3. The molecule has 0 atom stereocenters. The third-order valence-corrected chi connectivity index (χ3v) is 6.51. The normalized spacial score (nSPS) is 11.0. The Morgan fingerprint density at radius 3 is 2.55 bits per heavy atom. The maximum Gasteiger partial charge on any atom is 0.340 e. The van der Waals surface area contributed by atoms with Crippen molar-refractivity contribution in [2.75, 3.05) is 12.4 Å². The fourth-order valence-electron chi connectivity index (χ4n) is 2.95. The number of halogens is 1. The van der Waals surface area contributed by atoms with Crippen LogP contribution in [-0.4, -0.2) is 28.4 Å². The molecule has 1 aromatic carbocycles. The molecule has 6 nitrogen and oxygen atoms in total. The molecule has 4 rings (SSSR count). The van der Waals surface area contributed by atoms with Gasteiger partial charge < -0.3 is 10.1 Å². The predicted molar refractivity (Wildman–Crippen MR) is 112 cm³/mol. The van der Waals surface area contributed by atoms with Crippen LogP contribution in [0.4, 0.5) is 9.39 Å². The van der Waals surface area contributed by atoms with Crippen molar-refractivity contribution in [3.05, 3.63) is 63.4 Å². The Morgan fingerprint density at radius 1 is 1.17 bits per heavy atom. The van der Waals surface area contributed by atoms with E-state index < -0.39 is 5.97 Å². The molecule has 3 aromatic heterocycles. The summed E-state index contributed by atoms with van der Waals surface area (Å²) in [6.45, 7) is 3.68. The number of imidazole rings is 1. The van der Waals surface area contributed by atoms with E-state index in [4.69, 9.17) is 4.74 Å². The van der Waals surface area contributed by atoms with Gasteiger partial charge in [0.15, 0.2) is 4.96 Å². The number of carbonyl (C=O) groups excluding carboxylic acids is 2. The number of hydrogen-bond acceptors (Lipinski definition) is 6. The number of amides is 1. The Hall–Kier alpha value is -3.04. The number of fused-ring (bicyclic) bond motifs is 1. The first-order chi connectivity index (χ1) is 13.9. The van der Waals surface area contributed by atoms with Gasteiger partial charge >= 0.3 is 5.97 Å². The summed E-state index contributed by atoms with van der Waals surface area (Å²) >= 11 is 2.57. The highest BCUT2D eigenvalue weighted by molar-refractivity contribution is 7.19. The molecule has 1 N–H and O–H groups in total. The molecule has 0 saturated heterocycles. The standard InChI is InChI=1S/C20H16FN3O3S2/c1-10-8-14(19(26)27-3)18(28-10)23-17(25)16-11(2)24-9-15(22-20(24)29-16)12-4-6-13(21)7-5-12/h4-9H,1-3H3,(H,23,25). The van der Waals surface area contributed by atoms with Crippen molar-refractivity contribution in [3.63, 3.8) is 0 Å². The number of thiophene rings is 1. The number of hydrogen-bond donors (Lipinski definition) is 1. The average molecular weight is 429 g/mol. The molecule has 0 aliphatic rings. The molecule has 0 unspecified atom stereocenters. The summed E-state index contributed by atoms with van der Waals surface area (Å²) < 4.78 is 19.8. The van der Waals surface area contributed by atoms with Crippen LogP contribution in [0.5, 0.6) is 0 Å². The fraction of sp³-hybridized carbons (Fsp3) is 0.150. The molecule has 0 spiro atoms. The largest absolute Gasteiger partial charge is 0.465 e. The quantitative estimate of drug-likeness (QED) is 0.468. The lowest BCUT2D eigenvalue weighted by atomic mass is 10.2. The van der Waals surface area contributed by atoms with Crippen LogP contribution >= 0.6 is 22.7 Å². The highest BCUT2D eigenvalue weighted by atomic mass is 32.1. The van der Waals surface area contributed by atoms with Crippen molar-refractivity contribution in [1.82, 2.24) is 9.38 Å². The Balaban J connectivity index is 1.64. The van der Waals surface area contributed by atoms with E-state index in [0.29, 0.717) is 26.1 Å². The lowest BCUT2D eigenvalue weighted by Gasteiger charge is -2.04. The topological polar surface area (TPSA) is 72.7 Å². The summed E-state index contributed by atoms with van der Waals surface area (Å²) in [5.74, 6) is -1.11. The van der Waals surface area contributed by atoms with Gasteiger partial charge in [0.2, 0.25) is 0 Å². The number of methoxy groups -OCH3 is 1. The van der Waals surface area contributed by atoms with Crippen molar-refractivity contribution in [2.45, 2.75) is 13.8 Å². The van der Waals surface area contributed by atoms with E-state index >= 15 is 0 Å². The third kappa shape index (κ3) is 3.54. The molecule has 148 valence electrons. The molecule has 0 aliphatic carbocycles. The number of carbonyl (C=O) groups is 2. The van der Waals surface area contributed by atoms with Crippen LogP contribution in [0.3, 0.4) is 0 Å². The van der Waals surface area contributed by atoms with Gasteiger partial charge in [0.25, 0.3) is 5.91 Å². The summed E-state index contributed by atoms with van der Waals surface area (Å²) in [5.41, 5.74) is 2.56. The van der Waals surface area contributed by atoms with E-state index in [9.17, 15) is 14.0 Å². The van der Waals surface area contributed by atoms with Gasteiger partial charge in [-0.2, -0.15) is 0 Å². The number of ether oxygens (including phenoxy) is 1. The van der Waals surface area contributed by atoms with Gasteiger partial charge in [0.1, 0.15) is 15.7 Å². The van der Waals surface area contributed by atoms with E-state index in [2.05, 4.69) is 10.3 Å². The van der Waals surface area contributed by atoms with Crippen molar-refractivity contribution in [3.8, 4) is 11.3 Å². The fourth-order valence-corrected chi connectivity index (χ4v) is 4.85. The van der Waals surface area contributed by atoms with Crippen LogP contribution in [0.1, 0.15) is 30.6 Å². The van der Waals surface area contributed by atoms with Gasteiger partial charge in [0, 0.05) is 22.3 Å². The van der Waals surface area contributed by atoms with Crippen LogP contribution in [-0.2, 0) is 4.74 Å². The summed E-state index contributed by atoms with van der Waals surface area (Å²) in [6, 6.07) is 7.79. The Morgan fingerprint density at radius 2 is 1.90 bits per heavy atom. The summed E-state index contributed by atoms with van der Waals surface area (Å²) in [4.78, 5) is 31.4. The number of nitrogens with one attached hydrogen (secondary N) is 1. The second-order valence-electron chi connectivity index (χ2n) is 6.35. The van der Waals surface area contributed by atoms with Gasteiger partial charge in [0.05, 0.1) is 18.4 Å². The second kappa shape index (κ2) is 7.41. The van der Waals surface area contributed by atoms with Crippen molar-refractivity contribution >= 4 is 44.5 Å². The van der Waals surface area contributed by atoms with E-state index in [1.165, 1.54) is 41.9 Å². The molecule has 0 fully saturated rings. The first-order valence-corrected chi connectivity index (χ1v) is 10.2. The minimum absolute atomic E-state index is 0.306. The smallest absolute Gasteiger partial charge is 0.340 e. The highest BCUT2D eigenvalue weighted by Crippen LogP contribution is 2.31. The average Bonchev–Trinajstić information content (AvgIpc) is 3.36. The van der Waals surface area contributed by atoms with Crippen LogP contribution in [0.15, 0.2) is 36.5 Å². The Labute approximate surface area is 173 Å². The molecule has 0 radical (unpaired) electrons. The van der Waals surface area contributed by atoms with Crippen LogP contribution < -0.4 is 5.32 Å². The maximum absolute atomic E-state index is 13.1. The minimum atomic E-state index is -0.494. The molecule has 4 aromatic rings. The van der Waals surface area contributed by atoms with Crippen LogP contribution in [0.25, 0.3) is 16.2 Å². The predicted octanol–water partition coefficient (Wildman–Crippen LogP) is 4.92. The zero-order valence-electron chi connectivity index (χ0n) is 15.8. The molecule has 0 aliphatic heterocycles. The van der Waals surface area contributed by atoms with Crippen molar-refractivity contribution < 1.29 is 18.7 Å². The summed E-state index contributed by atoms with van der Waals surface area (Å²) in [5, 5.41) is 3.27. The number of rotatable bonds is 4. The van der Waals surface area contributed by atoms with Crippen molar-refractivity contribution in [1.29, 1.82) is 0 Å². The van der Waals surface area contributed by atoms with Crippen molar-refractivity contribution in [2.24, 2.45) is 0 Å². The lowest BCUT2D eigenvalue weighted by Crippen LogP contribution is -2.13. The zero-order chi connectivity index (χ0) is 20.7. The molecule has 3 heterocycles. The maximum atomic E-state index is 13.1.